The average Bonchev–Trinajstić information content (AvgIpc) is 2.39. The minimum absolute atomic E-state index is 0.528. The summed E-state index contributed by atoms with van der Waals surface area (Å²) < 4.78 is 0. The van der Waals surface area contributed by atoms with Gasteiger partial charge in [-0.05, 0) is 19.3 Å². The number of hydrogen-bond acceptors (Lipinski definition) is 2. The van der Waals surface area contributed by atoms with Gasteiger partial charge in [0.05, 0.1) is 5.88 Å². The predicted octanol–water partition coefficient (Wildman–Crippen LogP) is 5.00. The molecule has 0 atom stereocenters. The zero-order valence-electron chi connectivity index (χ0n) is 12.0. The number of aromatic nitrogens is 2. The highest BCUT2D eigenvalue weighted by molar-refractivity contribution is 6.17. The van der Waals surface area contributed by atoms with Gasteiger partial charge in [-0.15, -0.1) is 11.6 Å². The van der Waals surface area contributed by atoms with E-state index in [9.17, 15) is 0 Å². The van der Waals surface area contributed by atoms with Crippen molar-refractivity contribution in [3.8, 4) is 0 Å². The Balaban J connectivity index is 2.15. The Morgan fingerprint density at radius 1 is 1.16 bits per heavy atom. The molecule has 2 rings (SSSR count). The molecule has 1 saturated carbocycles. The third-order valence-electron chi connectivity index (χ3n) is 4.07. The van der Waals surface area contributed by atoms with Gasteiger partial charge in [0, 0.05) is 23.4 Å². The molecule has 0 unspecified atom stereocenters. The average molecular weight is 281 g/mol. The van der Waals surface area contributed by atoms with Gasteiger partial charge in [-0.25, -0.2) is 9.97 Å². The number of nitrogens with zero attached hydrogens (tertiary/aromatic N) is 2. The van der Waals surface area contributed by atoms with E-state index in [1.54, 1.807) is 0 Å². The second-order valence-electron chi connectivity index (χ2n) is 5.63. The van der Waals surface area contributed by atoms with Crippen LogP contribution in [0.5, 0.6) is 0 Å². The van der Waals surface area contributed by atoms with E-state index in [-0.39, 0.29) is 0 Å². The van der Waals surface area contributed by atoms with Gasteiger partial charge in [-0.2, -0.15) is 0 Å². The van der Waals surface area contributed by atoms with Crippen LogP contribution in [0.2, 0.25) is 0 Å². The molecule has 1 aliphatic rings. The molecule has 1 heterocycles. The smallest absolute Gasteiger partial charge is 0.131 e. The van der Waals surface area contributed by atoms with Crippen molar-refractivity contribution < 1.29 is 0 Å². The molecule has 2 nitrogen and oxygen atoms in total. The van der Waals surface area contributed by atoms with Crippen LogP contribution in [-0.4, -0.2) is 9.97 Å². The van der Waals surface area contributed by atoms with Gasteiger partial charge in [0.2, 0.25) is 0 Å². The maximum absolute atomic E-state index is 5.97. The topological polar surface area (TPSA) is 25.8 Å². The van der Waals surface area contributed by atoms with Crippen molar-refractivity contribution in [2.45, 2.75) is 76.5 Å². The van der Waals surface area contributed by atoms with Crippen molar-refractivity contribution in [3.63, 3.8) is 0 Å². The predicted molar refractivity (Wildman–Crippen MR) is 80.6 cm³/mol. The fourth-order valence-corrected chi connectivity index (χ4v) is 3.16. The molecule has 19 heavy (non-hydrogen) atoms. The van der Waals surface area contributed by atoms with E-state index in [0.717, 1.165) is 24.2 Å². The van der Waals surface area contributed by atoms with Crippen molar-refractivity contribution in [1.82, 2.24) is 9.97 Å². The molecular weight excluding hydrogens is 256 g/mol. The molecule has 0 aromatic carbocycles. The van der Waals surface area contributed by atoms with E-state index in [2.05, 4.69) is 11.9 Å². The Hall–Kier alpha value is -0.630. The maximum atomic E-state index is 5.97. The first-order valence-electron chi connectivity index (χ1n) is 7.75. The van der Waals surface area contributed by atoms with Crippen LogP contribution in [0.3, 0.4) is 0 Å². The lowest BCUT2D eigenvalue weighted by molar-refractivity contribution is 0.441. The summed E-state index contributed by atoms with van der Waals surface area (Å²) in [6.07, 6.45) is 13.4. The van der Waals surface area contributed by atoms with Crippen LogP contribution in [0.1, 0.15) is 81.3 Å². The van der Waals surface area contributed by atoms with Crippen molar-refractivity contribution in [2.75, 3.05) is 0 Å². The summed E-state index contributed by atoms with van der Waals surface area (Å²) in [5, 5.41) is 0. The molecule has 0 N–H and O–H groups in total. The van der Waals surface area contributed by atoms with E-state index in [1.165, 1.54) is 50.6 Å². The lowest BCUT2D eigenvalue weighted by Crippen LogP contribution is -2.10. The fourth-order valence-electron chi connectivity index (χ4n) is 2.93. The Bertz CT molecular complexity index is 384. The van der Waals surface area contributed by atoms with Gasteiger partial charge in [0.1, 0.15) is 5.82 Å². The van der Waals surface area contributed by atoms with Crippen LogP contribution in [0.15, 0.2) is 6.20 Å². The van der Waals surface area contributed by atoms with Crippen LogP contribution in [0.25, 0.3) is 0 Å². The SMILES string of the molecule is CCCc1nc(C2CCCCCCC2)ncc1CCl. The highest BCUT2D eigenvalue weighted by Gasteiger charge is 2.17. The molecule has 0 saturated heterocycles. The number of halogens is 1. The number of hydrogen-bond donors (Lipinski definition) is 0. The van der Waals surface area contributed by atoms with Crippen LogP contribution >= 0.6 is 11.6 Å². The van der Waals surface area contributed by atoms with Crippen LogP contribution in [0.4, 0.5) is 0 Å². The molecule has 106 valence electrons. The minimum Gasteiger partial charge on any atom is -0.241 e. The van der Waals surface area contributed by atoms with Gasteiger partial charge in [0.15, 0.2) is 0 Å². The minimum atomic E-state index is 0.528. The molecule has 1 aromatic heterocycles. The standard InChI is InChI=1S/C16H25ClN2/c1-2-8-15-14(11-17)12-18-16(19-15)13-9-6-4-3-5-7-10-13/h12-13H,2-11H2,1H3. The van der Waals surface area contributed by atoms with Gasteiger partial charge in [-0.3, -0.25) is 0 Å². The molecule has 1 aromatic rings. The summed E-state index contributed by atoms with van der Waals surface area (Å²) in [6, 6.07) is 0. The molecule has 0 amide bonds. The largest absolute Gasteiger partial charge is 0.241 e. The molecule has 1 fully saturated rings. The lowest BCUT2D eigenvalue weighted by Gasteiger charge is -2.19. The van der Waals surface area contributed by atoms with E-state index < -0.39 is 0 Å². The normalized spacial score (nSPS) is 18.0. The lowest BCUT2D eigenvalue weighted by atomic mass is 9.90. The summed E-state index contributed by atoms with van der Waals surface area (Å²) in [5.41, 5.74) is 2.28. The number of rotatable bonds is 4. The zero-order chi connectivity index (χ0) is 13.5. The number of alkyl halides is 1. The van der Waals surface area contributed by atoms with Crippen molar-refractivity contribution in [3.05, 3.63) is 23.3 Å². The summed E-state index contributed by atoms with van der Waals surface area (Å²) in [6.45, 7) is 2.19. The maximum Gasteiger partial charge on any atom is 0.131 e. The first-order valence-corrected chi connectivity index (χ1v) is 8.29. The molecule has 1 aliphatic carbocycles. The Morgan fingerprint density at radius 3 is 2.47 bits per heavy atom. The third kappa shape index (κ3) is 4.17. The Morgan fingerprint density at radius 2 is 1.84 bits per heavy atom. The summed E-state index contributed by atoms with van der Waals surface area (Å²) in [7, 11) is 0. The van der Waals surface area contributed by atoms with Gasteiger partial charge in [-0.1, -0.05) is 45.4 Å². The van der Waals surface area contributed by atoms with E-state index >= 15 is 0 Å². The van der Waals surface area contributed by atoms with Crippen LogP contribution < -0.4 is 0 Å². The van der Waals surface area contributed by atoms with Crippen molar-refractivity contribution in [1.29, 1.82) is 0 Å². The highest BCUT2D eigenvalue weighted by Crippen LogP contribution is 2.29. The van der Waals surface area contributed by atoms with Gasteiger partial charge < -0.3 is 0 Å². The van der Waals surface area contributed by atoms with Crippen molar-refractivity contribution >= 4 is 11.6 Å². The zero-order valence-corrected chi connectivity index (χ0v) is 12.8. The molecule has 3 heteroatoms. The fraction of sp³-hybridized carbons (Fsp3) is 0.750. The quantitative estimate of drug-likeness (QED) is 0.726. The van der Waals surface area contributed by atoms with Crippen molar-refractivity contribution in [2.24, 2.45) is 0 Å². The van der Waals surface area contributed by atoms with Gasteiger partial charge in [0.25, 0.3) is 0 Å². The summed E-state index contributed by atoms with van der Waals surface area (Å²) in [5.74, 6) is 2.17. The first-order chi connectivity index (χ1) is 9.35. The number of aryl methyl sites for hydroxylation is 1. The first kappa shape index (κ1) is 14.8. The second kappa shape index (κ2) is 7.84. The van der Waals surface area contributed by atoms with Gasteiger partial charge >= 0.3 is 0 Å². The molecular formula is C16H25ClN2. The van der Waals surface area contributed by atoms with E-state index in [4.69, 9.17) is 16.6 Å². The second-order valence-corrected chi connectivity index (χ2v) is 5.89. The van der Waals surface area contributed by atoms with Crippen LogP contribution in [-0.2, 0) is 12.3 Å². The third-order valence-corrected chi connectivity index (χ3v) is 4.36. The summed E-state index contributed by atoms with van der Waals surface area (Å²) >= 11 is 5.97. The van der Waals surface area contributed by atoms with E-state index in [1.807, 2.05) is 6.20 Å². The van der Waals surface area contributed by atoms with Crippen LogP contribution in [0, 0.1) is 0 Å². The highest BCUT2D eigenvalue weighted by atomic mass is 35.5. The Labute approximate surface area is 122 Å². The monoisotopic (exact) mass is 280 g/mol. The van der Waals surface area contributed by atoms with E-state index in [0.29, 0.717) is 11.8 Å². The molecule has 0 aliphatic heterocycles. The molecule has 0 radical (unpaired) electrons. The summed E-state index contributed by atoms with van der Waals surface area (Å²) in [4.78, 5) is 9.43. The Kier molecular flexibility index (Phi) is 6.09. The molecule has 0 bridgehead atoms. The molecule has 0 spiro atoms.